The van der Waals surface area contributed by atoms with E-state index in [1.807, 2.05) is 6.07 Å². The predicted octanol–water partition coefficient (Wildman–Crippen LogP) is 2.13. The van der Waals surface area contributed by atoms with Gasteiger partial charge in [0.05, 0.1) is 13.7 Å². The highest BCUT2D eigenvalue weighted by atomic mass is 35.5. The zero-order valence-electron chi connectivity index (χ0n) is 9.99. The Hall–Kier alpha value is -0.930. The molecule has 17 heavy (non-hydrogen) atoms. The molecule has 2 aliphatic rings. The first kappa shape index (κ1) is 12.5. The summed E-state index contributed by atoms with van der Waals surface area (Å²) >= 11 is 0. The van der Waals surface area contributed by atoms with E-state index in [-0.39, 0.29) is 17.8 Å². The molecule has 1 aromatic rings. The van der Waals surface area contributed by atoms with Gasteiger partial charge in [0.15, 0.2) is 11.5 Å². The smallest absolute Gasteiger partial charge is 0.165 e. The van der Waals surface area contributed by atoms with Gasteiger partial charge >= 0.3 is 0 Å². The van der Waals surface area contributed by atoms with Crippen molar-refractivity contribution >= 4 is 12.4 Å². The van der Waals surface area contributed by atoms with Crippen LogP contribution in [0.25, 0.3) is 0 Å². The van der Waals surface area contributed by atoms with Gasteiger partial charge in [0.25, 0.3) is 0 Å². The Morgan fingerprint density at radius 3 is 2.76 bits per heavy atom. The van der Waals surface area contributed by atoms with Gasteiger partial charge < -0.3 is 14.8 Å². The van der Waals surface area contributed by atoms with Gasteiger partial charge in [0, 0.05) is 11.0 Å². The summed E-state index contributed by atoms with van der Waals surface area (Å²) in [6.45, 7) is 2.98. The van der Waals surface area contributed by atoms with Gasteiger partial charge in [-0.05, 0) is 32.0 Å². The molecule has 1 fully saturated rings. The first-order valence-corrected chi connectivity index (χ1v) is 5.87. The van der Waals surface area contributed by atoms with Crippen LogP contribution in [0.5, 0.6) is 11.5 Å². The summed E-state index contributed by atoms with van der Waals surface area (Å²) in [4.78, 5) is 0. The van der Waals surface area contributed by atoms with Crippen molar-refractivity contribution in [2.75, 3.05) is 26.8 Å². The first-order chi connectivity index (χ1) is 7.86. The average molecular weight is 256 g/mol. The number of nitrogens with one attached hydrogen (secondary N) is 1. The van der Waals surface area contributed by atoms with Crippen molar-refractivity contribution in [1.82, 2.24) is 5.32 Å². The molecule has 0 bridgehead atoms. The number of fused-ring (bicyclic) bond motifs is 2. The van der Waals surface area contributed by atoms with Crippen LogP contribution < -0.4 is 14.8 Å². The number of piperidine rings is 1. The highest BCUT2D eigenvalue weighted by molar-refractivity contribution is 5.85. The third kappa shape index (κ3) is 1.87. The highest BCUT2D eigenvalue weighted by Gasteiger charge is 2.42. The molecule has 3 nitrogen and oxygen atoms in total. The lowest BCUT2D eigenvalue weighted by molar-refractivity contribution is 0.217. The SMILES string of the molecule is COc1cccc2c1OCC21CCNCC1.Cl. The predicted molar refractivity (Wildman–Crippen MR) is 69.5 cm³/mol. The fourth-order valence-corrected chi connectivity index (χ4v) is 2.85. The van der Waals surface area contributed by atoms with Gasteiger partial charge in [-0.15, -0.1) is 12.4 Å². The van der Waals surface area contributed by atoms with Crippen molar-refractivity contribution in [2.24, 2.45) is 0 Å². The monoisotopic (exact) mass is 255 g/mol. The summed E-state index contributed by atoms with van der Waals surface area (Å²) in [6.07, 6.45) is 2.32. The number of hydrogen-bond acceptors (Lipinski definition) is 3. The minimum Gasteiger partial charge on any atom is -0.493 e. The lowest BCUT2D eigenvalue weighted by Gasteiger charge is -2.32. The van der Waals surface area contributed by atoms with Crippen LogP contribution in [0.15, 0.2) is 18.2 Å². The summed E-state index contributed by atoms with van der Waals surface area (Å²) in [5, 5.41) is 3.41. The van der Waals surface area contributed by atoms with Crippen LogP contribution >= 0.6 is 12.4 Å². The van der Waals surface area contributed by atoms with E-state index in [9.17, 15) is 0 Å². The van der Waals surface area contributed by atoms with Gasteiger partial charge in [-0.2, -0.15) is 0 Å². The van der Waals surface area contributed by atoms with E-state index in [2.05, 4.69) is 17.4 Å². The Kier molecular flexibility index (Phi) is 3.50. The average Bonchev–Trinajstić information content (AvgIpc) is 2.70. The maximum atomic E-state index is 5.86. The molecule has 2 aliphatic heterocycles. The molecule has 0 aromatic heterocycles. The van der Waals surface area contributed by atoms with E-state index >= 15 is 0 Å². The summed E-state index contributed by atoms with van der Waals surface area (Å²) in [5.74, 6) is 1.83. The van der Waals surface area contributed by atoms with Gasteiger partial charge in [-0.3, -0.25) is 0 Å². The molecule has 1 aromatic carbocycles. The van der Waals surface area contributed by atoms with Gasteiger partial charge in [-0.25, -0.2) is 0 Å². The Morgan fingerprint density at radius 2 is 2.06 bits per heavy atom. The fourth-order valence-electron chi connectivity index (χ4n) is 2.85. The molecule has 1 saturated heterocycles. The molecule has 3 rings (SSSR count). The van der Waals surface area contributed by atoms with E-state index < -0.39 is 0 Å². The first-order valence-electron chi connectivity index (χ1n) is 5.87. The number of ether oxygens (including phenoxy) is 2. The van der Waals surface area contributed by atoms with Crippen LogP contribution in [0.4, 0.5) is 0 Å². The topological polar surface area (TPSA) is 30.5 Å². The lowest BCUT2D eigenvalue weighted by atomic mass is 9.75. The molecule has 1 N–H and O–H groups in total. The molecule has 0 radical (unpaired) electrons. The highest BCUT2D eigenvalue weighted by Crippen LogP contribution is 2.48. The van der Waals surface area contributed by atoms with Gasteiger partial charge in [-0.1, -0.05) is 12.1 Å². The van der Waals surface area contributed by atoms with Crippen LogP contribution in [0.1, 0.15) is 18.4 Å². The van der Waals surface area contributed by atoms with Gasteiger partial charge in [0.2, 0.25) is 0 Å². The molecular weight excluding hydrogens is 238 g/mol. The van der Waals surface area contributed by atoms with E-state index in [0.29, 0.717) is 0 Å². The maximum absolute atomic E-state index is 5.86. The molecule has 0 amide bonds. The second kappa shape index (κ2) is 4.75. The normalized spacial score (nSPS) is 20.3. The largest absolute Gasteiger partial charge is 0.493 e. The van der Waals surface area contributed by atoms with Crippen LogP contribution in [0, 0.1) is 0 Å². The third-order valence-electron chi connectivity index (χ3n) is 3.82. The number of hydrogen-bond donors (Lipinski definition) is 1. The Labute approximate surface area is 108 Å². The van der Waals surface area contributed by atoms with E-state index in [4.69, 9.17) is 9.47 Å². The van der Waals surface area contributed by atoms with Crippen molar-refractivity contribution in [3.63, 3.8) is 0 Å². The molecule has 94 valence electrons. The third-order valence-corrected chi connectivity index (χ3v) is 3.82. The molecular formula is C13H18ClNO2. The summed E-state index contributed by atoms with van der Waals surface area (Å²) < 4.78 is 11.2. The maximum Gasteiger partial charge on any atom is 0.165 e. The second-order valence-corrected chi connectivity index (χ2v) is 4.66. The van der Waals surface area contributed by atoms with E-state index in [1.54, 1.807) is 7.11 Å². The number of methoxy groups -OCH3 is 1. The van der Waals surface area contributed by atoms with Crippen molar-refractivity contribution < 1.29 is 9.47 Å². The van der Waals surface area contributed by atoms with Crippen LogP contribution in [0.3, 0.4) is 0 Å². The van der Waals surface area contributed by atoms with E-state index in [0.717, 1.165) is 44.0 Å². The molecule has 0 aliphatic carbocycles. The summed E-state index contributed by atoms with van der Waals surface area (Å²) in [6, 6.07) is 6.23. The summed E-state index contributed by atoms with van der Waals surface area (Å²) in [7, 11) is 1.70. The molecule has 0 atom stereocenters. The lowest BCUT2D eigenvalue weighted by Crippen LogP contribution is -2.40. The van der Waals surface area contributed by atoms with Crippen LogP contribution in [-0.2, 0) is 5.41 Å². The molecule has 0 unspecified atom stereocenters. The Balaban J connectivity index is 0.00000108. The second-order valence-electron chi connectivity index (χ2n) is 4.66. The van der Waals surface area contributed by atoms with Crippen molar-refractivity contribution in [3.05, 3.63) is 23.8 Å². The molecule has 4 heteroatoms. The number of rotatable bonds is 1. The van der Waals surface area contributed by atoms with Gasteiger partial charge in [0.1, 0.15) is 0 Å². The minimum atomic E-state index is 0. The van der Waals surface area contributed by atoms with Crippen molar-refractivity contribution in [3.8, 4) is 11.5 Å². The van der Waals surface area contributed by atoms with Crippen molar-refractivity contribution in [2.45, 2.75) is 18.3 Å². The Morgan fingerprint density at radius 1 is 1.29 bits per heavy atom. The summed E-state index contributed by atoms with van der Waals surface area (Å²) in [5.41, 5.74) is 1.57. The zero-order valence-corrected chi connectivity index (χ0v) is 10.8. The number of benzene rings is 1. The number of halogens is 1. The standard InChI is InChI=1S/C13H17NO2.ClH/c1-15-11-4-2-3-10-12(11)16-9-13(10)5-7-14-8-6-13;/h2-4,14H,5-9H2,1H3;1H. The molecule has 2 heterocycles. The zero-order chi connectivity index (χ0) is 11.0. The van der Waals surface area contributed by atoms with E-state index in [1.165, 1.54) is 5.56 Å². The fraction of sp³-hybridized carbons (Fsp3) is 0.538. The molecule has 1 spiro atoms. The number of para-hydroxylation sites is 1. The quantitative estimate of drug-likeness (QED) is 0.834. The molecule has 0 saturated carbocycles. The minimum absolute atomic E-state index is 0. The Bertz CT molecular complexity index is 402. The van der Waals surface area contributed by atoms with Crippen LogP contribution in [0.2, 0.25) is 0 Å². The van der Waals surface area contributed by atoms with Crippen LogP contribution in [-0.4, -0.2) is 26.8 Å². The van der Waals surface area contributed by atoms with Crippen molar-refractivity contribution in [1.29, 1.82) is 0 Å².